The van der Waals surface area contributed by atoms with Gasteiger partial charge in [0.25, 0.3) is 0 Å². The molecule has 0 radical (unpaired) electrons. The zero-order chi connectivity index (χ0) is 12.8. The largest absolute Gasteiger partial charge is 0.356 e. The zero-order valence-corrected chi connectivity index (χ0v) is 11.6. The fourth-order valence-electron chi connectivity index (χ4n) is 4.34. The van der Waals surface area contributed by atoms with Crippen LogP contribution in [0.3, 0.4) is 0 Å². The molecule has 0 amide bonds. The van der Waals surface area contributed by atoms with Gasteiger partial charge in [0.05, 0.1) is 0 Å². The van der Waals surface area contributed by atoms with E-state index in [1.165, 1.54) is 67.8 Å². The quantitative estimate of drug-likeness (QED) is 0.883. The van der Waals surface area contributed by atoms with E-state index < -0.39 is 0 Å². The van der Waals surface area contributed by atoms with E-state index in [9.17, 15) is 0 Å². The van der Waals surface area contributed by atoms with Gasteiger partial charge in [-0.05, 0) is 55.6 Å². The molecule has 2 heterocycles. The van der Waals surface area contributed by atoms with Gasteiger partial charge in [-0.3, -0.25) is 0 Å². The van der Waals surface area contributed by atoms with Crippen LogP contribution in [0.4, 0.5) is 5.82 Å². The molecule has 1 aromatic rings. The predicted octanol–water partition coefficient (Wildman–Crippen LogP) is 2.27. The number of fused-ring (bicyclic) bond motifs is 2. The summed E-state index contributed by atoms with van der Waals surface area (Å²) in [7, 11) is 0. The van der Waals surface area contributed by atoms with Crippen LogP contribution in [-0.4, -0.2) is 18.1 Å². The van der Waals surface area contributed by atoms with Gasteiger partial charge in [0.2, 0.25) is 0 Å². The molecule has 4 rings (SSSR count). The third-order valence-corrected chi connectivity index (χ3v) is 5.35. The maximum absolute atomic E-state index is 5.96. The lowest BCUT2D eigenvalue weighted by molar-refractivity contribution is 0.494. The number of aryl methyl sites for hydroxylation is 2. The highest BCUT2D eigenvalue weighted by atomic mass is 15.2. The number of nitrogens with zero attached hydrogens (tertiary/aromatic N) is 2. The van der Waals surface area contributed by atoms with Crippen LogP contribution in [0, 0.1) is 11.8 Å². The van der Waals surface area contributed by atoms with Crippen molar-refractivity contribution in [2.45, 2.75) is 45.1 Å². The maximum atomic E-state index is 5.96. The highest BCUT2D eigenvalue weighted by molar-refractivity contribution is 5.52. The van der Waals surface area contributed by atoms with Crippen LogP contribution in [-0.2, 0) is 19.4 Å². The average Bonchev–Trinajstić information content (AvgIpc) is 3.11. The average molecular weight is 257 g/mol. The molecule has 102 valence electrons. The molecule has 0 bridgehead atoms. The first kappa shape index (κ1) is 11.7. The van der Waals surface area contributed by atoms with Gasteiger partial charge in [0.15, 0.2) is 0 Å². The molecule has 2 aliphatic carbocycles. The second-order valence-corrected chi connectivity index (χ2v) is 6.49. The first-order valence-electron chi connectivity index (χ1n) is 7.82. The number of anilines is 1. The predicted molar refractivity (Wildman–Crippen MR) is 77.2 cm³/mol. The molecule has 2 N–H and O–H groups in total. The molecule has 1 saturated heterocycles. The molecule has 0 spiro atoms. The van der Waals surface area contributed by atoms with Crippen molar-refractivity contribution in [1.82, 2.24) is 4.98 Å². The van der Waals surface area contributed by atoms with Crippen LogP contribution in [0.25, 0.3) is 0 Å². The first-order valence-corrected chi connectivity index (χ1v) is 7.82. The number of hydrogen-bond acceptors (Lipinski definition) is 3. The van der Waals surface area contributed by atoms with Gasteiger partial charge in [-0.2, -0.15) is 0 Å². The molecule has 3 heteroatoms. The Bertz CT molecular complexity index is 485. The molecule has 2 atom stereocenters. The second kappa shape index (κ2) is 4.48. The van der Waals surface area contributed by atoms with Crippen LogP contribution in [0.15, 0.2) is 6.07 Å². The summed E-state index contributed by atoms with van der Waals surface area (Å²) in [4.78, 5) is 7.50. The fraction of sp³-hybridized carbons (Fsp3) is 0.688. The van der Waals surface area contributed by atoms with Crippen LogP contribution in [0.5, 0.6) is 0 Å². The molecule has 0 aromatic carbocycles. The topological polar surface area (TPSA) is 42.1 Å². The summed E-state index contributed by atoms with van der Waals surface area (Å²) in [6, 6.07) is 2.33. The zero-order valence-electron chi connectivity index (χ0n) is 11.6. The van der Waals surface area contributed by atoms with E-state index in [4.69, 9.17) is 10.7 Å². The Morgan fingerprint density at radius 1 is 1.16 bits per heavy atom. The Labute approximate surface area is 115 Å². The van der Waals surface area contributed by atoms with Gasteiger partial charge in [0.1, 0.15) is 5.82 Å². The van der Waals surface area contributed by atoms with Crippen molar-refractivity contribution in [3.05, 3.63) is 22.9 Å². The van der Waals surface area contributed by atoms with Crippen LogP contribution in [0.1, 0.15) is 42.5 Å². The summed E-state index contributed by atoms with van der Waals surface area (Å²) in [5, 5.41) is 0. The smallest absolute Gasteiger partial charge is 0.133 e. The third-order valence-electron chi connectivity index (χ3n) is 5.35. The summed E-state index contributed by atoms with van der Waals surface area (Å²) < 4.78 is 0. The van der Waals surface area contributed by atoms with Crippen molar-refractivity contribution in [3.8, 4) is 0 Å². The van der Waals surface area contributed by atoms with Crippen molar-refractivity contribution in [2.75, 3.05) is 18.0 Å². The van der Waals surface area contributed by atoms with Crippen LogP contribution in [0.2, 0.25) is 0 Å². The van der Waals surface area contributed by atoms with Crippen molar-refractivity contribution < 1.29 is 0 Å². The molecular formula is C16H23N3. The van der Waals surface area contributed by atoms with Gasteiger partial charge < -0.3 is 10.6 Å². The third kappa shape index (κ3) is 1.86. The number of pyridine rings is 1. The Kier molecular flexibility index (Phi) is 2.76. The fourth-order valence-corrected chi connectivity index (χ4v) is 4.34. The van der Waals surface area contributed by atoms with Gasteiger partial charge in [0, 0.05) is 30.9 Å². The van der Waals surface area contributed by atoms with E-state index in [0.717, 1.165) is 18.3 Å². The summed E-state index contributed by atoms with van der Waals surface area (Å²) in [5.74, 6) is 3.04. The summed E-state index contributed by atoms with van der Waals surface area (Å²) in [6.07, 6.45) is 7.90. The van der Waals surface area contributed by atoms with Crippen molar-refractivity contribution in [3.63, 3.8) is 0 Å². The van der Waals surface area contributed by atoms with Gasteiger partial charge in [-0.25, -0.2) is 4.98 Å². The van der Waals surface area contributed by atoms with Gasteiger partial charge in [-0.1, -0.05) is 6.42 Å². The number of aromatic nitrogens is 1. The molecule has 3 nitrogen and oxygen atoms in total. The Morgan fingerprint density at radius 2 is 1.95 bits per heavy atom. The monoisotopic (exact) mass is 257 g/mol. The van der Waals surface area contributed by atoms with Gasteiger partial charge >= 0.3 is 0 Å². The maximum Gasteiger partial charge on any atom is 0.133 e. The Hall–Kier alpha value is -1.09. The SMILES string of the molecule is NCc1cc2c(nc1N1CC3CCCC3C1)CCC2. The lowest BCUT2D eigenvalue weighted by Crippen LogP contribution is -2.24. The number of nitrogens with two attached hydrogens (primary N) is 1. The molecule has 3 aliphatic rings. The Balaban J connectivity index is 1.67. The molecule has 1 aliphatic heterocycles. The lowest BCUT2D eigenvalue weighted by Gasteiger charge is -2.22. The van der Waals surface area contributed by atoms with E-state index in [-0.39, 0.29) is 0 Å². The standard InChI is InChI=1S/C16H23N3/c17-8-14-7-11-3-2-6-15(11)18-16(14)19-9-12-4-1-5-13(12)10-19/h7,12-13H,1-6,8-10,17H2. The number of hydrogen-bond donors (Lipinski definition) is 1. The van der Waals surface area contributed by atoms with E-state index >= 15 is 0 Å². The van der Waals surface area contributed by atoms with E-state index in [1.807, 2.05) is 0 Å². The highest BCUT2D eigenvalue weighted by Crippen LogP contribution is 2.40. The van der Waals surface area contributed by atoms with Crippen molar-refractivity contribution in [1.29, 1.82) is 0 Å². The normalized spacial score (nSPS) is 28.8. The molecule has 2 unspecified atom stereocenters. The van der Waals surface area contributed by atoms with Gasteiger partial charge in [-0.15, -0.1) is 0 Å². The minimum absolute atomic E-state index is 0.626. The minimum atomic E-state index is 0.626. The molecule has 2 fully saturated rings. The Morgan fingerprint density at radius 3 is 2.68 bits per heavy atom. The summed E-state index contributed by atoms with van der Waals surface area (Å²) in [5.41, 5.74) is 10.0. The van der Waals surface area contributed by atoms with Crippen molar-refractivity contribution in [2.24, 2.45) is 17.6 Å². The minimum Gasteiger partial charge on any atom is -0.356 e. The van der Waals surface area contributed by atoms with E-state index in [1.54, 1.807) is 0 Å². The molecule has 1 saturated carbocycles. The van der Waals surface area contributed by atoms with E-state index in [2.05, 4.69) is 11.0 Å². The van der Waals surface area contributed by atoms with Crippen LogP contribution < -0.4 is 10.6 Å². The number of rotatable bonds is 2. The molecular weight excluding hydrogens is 234 g/mol. The van der Waals surface area contributed by atoms with Crippen molar-refractivity contribution >= 4 is 5.82 Å². The van der Waals surface area contributed by atoms with Crippen LogP contribution >= 0.6 is 0 Å². The highest BCUT2D eigenvalue weighted by Gasteiger charge is 2.37. The molecule has 19 heavy (non-hydrogen) atoms. The van der Waals surface area contributed by atoms with E-state index in [0.29, 0.717) is 6.54 Å². The first-order chi connectivity index (χ1) is 9.35. The lowest BCUT2D eigenvalue weighted by atomic mass is 10.0. The second-order valence-electron chi connectivity index (χ2n) is 6.49. The summed E-state index contributed by atoms with van der Waals surface area (Å²) >= 11 is 0. The summed E-state index contributed by atoms with van der Waals surface area (Å²) in [6.45, 7) is 3.05. The molecule has 1 aromatic heterocycles.